The number of halogens is 1. The molecule has 0 bridgehead atoms. The quantitative estimate of drug-likeness (QED) is 0.898. The van der Waals surface area contributed by atoms with Crippen molar-refractivity contribution in [1.29, 1.82) is 0 Å². The first-order chi connectivity index (χ1) is 9.44. The molecule has 3 nitrogen and oxygen atoms in total. The lowest BCUT2D eigenvalue weighted by Crippen LogP contribution is -2.26. The van der Waals surface area contributed by atoms with Crippen LogP contribution in [0.3, 0.4) is 0 Å². The van der Waals surface area contributed by atoms with Crippen LogP contribution in [-0.4, -0.2) is 10.5 Å². The lowest BCUT2D eigenvalue weighted by Gasteiger charge is -2.21. The van der Waals surface area contributed by atoms with Gasteiger partial charge in [-0.15, -0.1) is 0 Å². The molecular formula is C16H19ClN2O. The molecule has 1 aromatic heterocycles. The molecule has 0 unspecified atom stereocenters. The summed E-state index contributed by atoms with van der Waals surface area (Å²) >= 11 is 6.10. The maximum atomic E-state index is 6.10. The number of hydrogen-bond donors (Lipinski definition) is 1. The predicted octanol–water partition coefficient (Wildman–Crippen LogP) is 4.52. The second-order valence-electron chi connectivity index (χ2n) is 5.62. The topological polar surface area (TPSA) is 34.1 Å². The zero-order valence-electron chi connectivity index (χ0n) is 12.0. The van der Waals surface area contributed by atoms with Gasteiger partial charge in [-0.25, -0.2) is 0 Å². The summed E-state index contributed by atoms with van der Waals surface area (Å²) in [6, 6.07) is 13.3. The predicted molar refractivity (Wildman–Crippen MR) is 83.4 cm³/mol. The van der Waals surface area contributed by atoms with Gasteiger partial charge < -0.3 is 10.1 Å². The van der Waals surface area contributed by atoms with Gasteiger partial charge in [0.1, 0.15) is 12.4 Å². The fourth-order valence-electron chi connectivity index (χ4n) is 1.72. The maximum Gasteiger partial charge on any atom is 0.215 e. The van der Waals surface area contributed by atoms with Crippen molar-refractivity contribution in [1.82, 2.24) is 4.98 Å². The number of nitrogens with one attached hydrogen (secondary N) is 1. The molecule has 0 saturated carbocycles. The van der Waals surface area contributed by atoms with E-state index in [1.54, 1.807) is 0 Å². The first-order valence-electron chi connectivity index (χ1n) is 6.55. The Morgan fingerprint density at radius 1 is 1.10 bits per heavy atom. The highest BCUT2D eigenvalue weighted by atomic mass is 35.5. The van der Waals surface area contributed by atoms with Crippen LogP contribution in [0.1, 0.15) is 26.3 Å². The fraction of sp³-hybridized carbons (Fsp3) is 0.312. The van der Waals surface area contributed by atoms with Crippen LogP contribution < -0.4 is 10.1 Å². The Labute approximate surface area is 124 Å². The van der Waals surface area contributed by atoms with E-state index in [0.29, 0.717) is 17.5 Å². The molecule has 0 fully saturated rings. The van der Waals surface area contributed by atoms with Crippen molar-refractivity contribution < 1.29 is 4.74 Å². The molecule has 106 valence electrons. The zero-order chi connectivity index (χ0) is 14.6. The summed E-state index contributed by atoms with van der Waals surface area (Å²) in [5.74, 6) is 1.38. The van der Waals surface area contributed by atoms with Gasteiger partial charge in [0.05, 0.1) is 0 Å². The van der Waals surface area contributed by atoms with E-state index in [1.807, 2.05) is 42.5 Å². The summed E-state index contributed by atoms with van der Waals surface area (Å²) < 4.78 is 5.69. The summed E-state index contributed by atoms with van der Waals surface area (Å²) in [6.45, 7) is 6.68. The monoisotopic (exact) mass is 290 g/mol. The second kappa shape index (κ2) is 6.14. The maximum absolute atomic E-state index is 6.10. The number of nitrogens with zero attached hydrogens (tertiary/aromatic N) is 1. The molecule has 0 aliphatic carbocycles. The molecule has 0 radical (unpaired) electrons. The lowest BCUT2D eigenvalue weighted by molar-refractivity contribution is 0.294. The van der Waals surface area contributed by atoms with E-state index < -0.39 is 0 Å². The highest BCUT2D eigenvalue weighted by Gasteiger charge is 2.10. The first kappa shape index (κ1) is 14.7. The third-order valence-electron chi connectivity index (χ3n) is 2.56. The Morgan fingerprint density at radius 3 is 2.55 bits per heavy atom. The fourth-order valence-corrected chi connectivity index (χ4v) is 1.91. The van der Waals surface area contributed by atoms with Gasteiger partial charge in [0, 0.05) is 22.2 Å². The van der Waals surface area contributed by atoms with E-state index >= 15 is 0 Å². The highest BCUT2D eigenvalue weighted by molar-refractivity contribution is 6.31. The normalized spacial score (nSPS) is 11.2. The minimum atomic E-state index is -0.0334. The van der Waals surface area contributed by atoms with Crippen molar-refractivity contribution in [2.45, 2.75) is 32.9 Å². The van der Waals surface area contributed by atoms with E-state index in [4.69, 9.17) is 16.3 Å². The Morgan fingerprint density at radius 2 is 1.85 bits per heavy atom. The Balaban J connectivity index is 2.03. The van der Waals surface area contributed by atoms with E-state index in [9.17, 15) is 0 Å². The van der Waals surface area contributed by atoms with Crippen molar-refractivity contribution in [2.75, 3.05) is 5.32 Å². The molecule has 0 aliphatic rings. The standard InChI is InChI=1S/C16H19ClN2O/c1-16(2,3)19-14-9-6-10-15(18-14)20-11-12-7-4-5-8-13(12)17/h4-10H,11H2,1-3H3,(H,18,19). The van der Waals surface area contributed by atoms with Crippen molar-refractivity contribution in [2.24, 2.45) is 0 Å². The number of benzene rings is 1. The average Bonchev–Trinajstić information content (AvgIpc) is 2.36. The number of anilines is 1. The van der Waals surface area contributed by atoms with E-state index in [1.165, 1.54) is 0 Å². The van der Waals surface area contributed by atoms with Crippen molar-refractivity contribution in [3.8, 4) is 5.88 Å². The van der Waals surface area contributed by atoms with Crippen LogP contribution in [0, 0.1) is 0 Å². The minimum absolute atomic E-state index is 0.0334. The average molecular weight is 291 g/mol. The lowest BCUT2D eigenvalue weighted by atomic mass is 10.1. The van der Waals surface area contributed by atoms with Gasteiger partial charge in [0.2, 0.25) is 5.88 Å². The van der Waals surface area contributed by atoms with Gasteiger partial charge in [-0.05, 0) is 32.9 Å². The number of ether oxygens (including phenoxy) is 1. The van der Waals surface area contributed by atoms with Crippen LogP contribution >= 0.6 is 11.6 Å². The van der Waals surface area contributed by atoms with Crippen LogP contribution in [0.5, 0.6) is 5.88 Å². The third-order valence-corrected chi connectivity index (χ3v) is 2.93. The van der Waals surface area contributed by atoms with Gasteiger partial charge >= 0.3 is 0 Å². The number of hydrogen-bond acceptors (Lipinski definition) is 3. The largest absolute Gasteiger partial charge is 0.473 e. The Bertz CT molecular complexity index is 579. The first-order valence-corrected chi connectivity index (χ1v) is 6.93. The summed E-state index contributed by atoms with van der Waals surface area (Å²) in [7, 11) is 0. The number of rotatable bonds is 4. The zero-order valence-corrected chi connectivity index (χ0v) is 12.7. The number of aromatic nitrogens is 1. The highest BCUT2D eigenvalue weighted by Crippen LogP contribution is 2.19. The van der Waals surface area contributed by atoms with Crippen LogP contribution in [0.2, 0.25) is 5.02 Å². The minimum Gasteiger partial charge on any atom is -0.473 e. The van der Waals surface area contributed by atoms with Gasteiger partial charge in [-0.2, -0.15) is 4.98 Å². The summed E-state index contributed by atoms with van der Waals surface area (Å²) in [4.78, 5) is 4.43. The van der Waals surface area contributed by atoms with Crippen molar-refractivity contribution in [3.05, 3.63) is 53.1 Å². The van der Waals surface area contributed by atoms with Gasteiger partial charge in [-0.1, -0.05) is 35.9 Å². The van der Waals surface area contributed by atoms with E-state index in [-0.39, 0.29) is 5.54 Å². The smallest absolute Gasteiger partial charge is 0.215 e. The molecule has 0 spiro atoms. The van der Waals surface area contributed by atoms with E-state index in [2.05, 4.69) is 31.1 Å². The molecule has 1 N–H and O–H groups in total. The van der Waals surface area contributed by atoms with Gasteiger partial charge in [0.25, 0.3) is 0 Å². The molecule has 0 aliphatic heterocycles. The molecule has 20 heavy (non-hydrogen) atoms. The van der Waals surface area contributed by atoms with Crippen LogP contribution in [0.25, 0.3) is 0 Å². The molecule has 4 heteroatoms. The molecular weight excluding hydrogens is 272 g/mol. The van der Waals surface area contributed by atoms with Gasteiger partial charge in [-0.3, -0.25) is 0 Å². The summed E-state index contributed by atoms with van der Waals surface area (Å²) in [5, 5.41) is 4.02. The Kier molecular flexibility index (Phi) is 4.50. The second-order valence-corrected chi connectivity index (χ2v) is 6.02. The van der Waals surface area contributed by atoms with Crippen molar-refractivity contribution in [3.63, 3.8) is 0 Å². The summed E-state index contributed by atoms with van der Waals surface area (Å²) in [5.41, 5.74) is 0.916. The molecule has 1 aromatic carbocycles. The van der Waals surface area contributed by atoms with Gasteiger partial charge in [0.15, 0.2) is 0 Å². The van der Waals surface area contributed by atoms with Crippen LogP contribution in [0.4, 0.5) is 5.82 Å². The van der Waals surface area contributed by atoms with Crippen LogP contribution in [0.15, 0.2) is 42.5 Å². The van der Waals surface area contributed by atoms with Crippen molar-refractivity contribution >= 4 is 17.4 Å². The molecule has 0 atom stereocenters. The van der Waals surface area contributed by atoms with Crippen LogP contribution in [-0.2, 0) is 6.61 Å². The third kappa shape index (κ3) is 4.42. The number of pyridine rings is 1. The molecule has 0 saturated heterocycles. The molecule has 2 rings (SSSR count). The molecule has 0 amide bonds. The van der Waals surface area contributed by atoms with E-state index in [0.717, 1.165) is 11.4 Å². The SMILES string of the molecule is CC(C)(C)Nc1cccc(OCc2ccccc2Cl)n1. The summed E-state index contributed by atoms with van der Waals surface area (Å²) in [6.07, 6.45) is 0. The molecule has 1 heterocycles. The Hall–Kier alpha value is -1.74. The molecule has 2 aromatic rings.